The molecule has 0 radical (unpaired) electrons. The molecule has 1 atom stereocenters. The molecular weight excluding hydrogens is 212 g/mol. The highest BCUT2D eigenvalue weighted by atomic mass is 15.1. The first-order chi connectivity index (χ1) is 8.18. The van der Waals surface area contributed by atoms with Gasteiger partial charge in [-0.3, -0.25) is 5.41 Å². The van der Waals surface area contributed by atoms with E-state index in [1.54, 1.807) is 6.20 Å². The maximum atomic E-state index is 7.42. The third-order valence-corrected chi connectivity index (χ3v) is 2.75. The molecule has 0 saturated carbocycles. The van der Waals surface area contributed by atoms with Gasteiger partial charge in [-0.15, -0.1) is 0 Å². The van der Waals surface area contributed by atoms with Crippen molar-refractivity contribution >= 4 is 5.84 Å². The number of imidazole rings is 1. The zero-order valence-corrected chi connectivity index (χ0v) is 9.80. The Labute approximate surface area is 101 Å². The molecule has 3 N–H and O–H groups in total. The van der Waals surface area contributed by atoms with Crippen LogP contribution in [0.15, 0.2) is 42.7 Å². The van der Waals surface area contributed by atoms with E-state index in [1.165, 1.54) is 0 Å². The summed E-state index contributed by atoms with van der Waals surface area (Å²) in [5, 5.41) is 7.42. The van der Waals surface area contributed by atoms with Crippen molar-refractivity contribution in [2.45, 2.75) is 13.5 Å². The number of amidine groups is 1. The maximum absolute atomic E-state index is 7.42. The smallest absolute Gasteiger partial charge is 0.139 e. The largest absolute Gasteiger partial charge is 0.387 e. The van der Waals surface area contributed by atoms with E-state index >= 15 is 0 Å². The maximum Gasteiger partial charge on any atom is 0.139 e. The molecule has 17 heavy (non-hydrogen) atoms. The number of nitrogens with one attached hydrogen (secondary N) is 1. The average Bonchev–Trinajstić information content (AvgIpc) is 2.78. The molecule has 1 unspecified atom stereocenters. The Morgan fingerprint density at radius 3 is 2.76 bits per heavy atom. The van der Waals surface area contributed by atoms with Crippen LogP contribution in [0.4, 0.5) is 0 Å². The van der Waals surface area contributed by atoms with Crippen LogP contribution in [-0.4, -0.2) is 15.4 Å². The fraction of sp³-hybridized carbons (Fsp3) is 0.231. The van der Waals surface area contributed by atoms with Crippen molar-refractivity contribution in [2.24, 2.45) is 11.7 Å². The van der Waals surface area contributed by atoms with E-state index < -0.39 is 0 Å². The lowest BCUT2D eigenvalue weighted by Crippen LogP contribution is -2.24. The van der Waals surface area contributed by atoms with E-state index in [2.05, 4.69) is 4.98 Å². The third kappa shape index (κ3) is 2.53. The number of nitrogens with zero attached hydrogens (tertiary/aromatic N) is 2. The number of nitrogens with two attached hydrogens (primary N) is 1. The quantitative estimate of drug-likeness (QED) is 0.621. The van der Waals surface area contributed by atoms with Crippen molar-refractivity contribution in [3.8, 4) is 11.4 Å². The second-order valence-electron chi connectivity index (χ2n) is 4.13. The Hall–Kier alpha value is -2.10. The third-order valence-electron chi connectivity index (χ3n) is 2.75. The summed E-state index contributed by atoms with van der Waals surface area (Å²) in [6.07, 6.45) is 3.69. The highest BCUT2D eigenvalue weighted by molar-refractivity contribution is 5.79. The van der Waals surface area contributed by atoms with Crippen molar-refractivity contribution in [1.82, 2.24) is 9.55 Å². The minimum absolute atomic E-state index is 0.0201. The summed E-state index contributed by atoms with van der Waals surface area (Å²) in [6.45, 7) is 2.62. The SMILES string of the molecule is CC(Cn1ccnc1-c1ccccc1)C(=N)N. The Morgan fingerprint density at radius 2 is 2.12 bits per heavy atom. The number of hydrogen-bond acceptors (Lipinski definition) is 2. The molecule has 0 fully saturated rings. The van der Waals surface area contributed by atoms with Crippen LogP contribution >= 0.6 is 0 Å². The van der Waals surface area contributed by atoms with Crippen molar-refractivity contribution in [1.29, 1.82) is 5.41 Å². The minimum atomic E-state index is 0.0201. The van der Waals surface area contributed by atoms with E-state index in [0.29, 0.717) is 6.54 Å². The Balaban J connectivity index is 2.26. The van der Waals surface area contributed by atoms with Gasteiger partial charge in [0.05, 0.1) is 5.84 Å². The number of aromatic nitrogens is 2. The molecule has 0 aliphatic heterocycles. The molecule has 0 aliphatic rings. The van der Waals surface area contributed by atoms with E-state index in [-0.39, 0.29) is 11.8 Å². The number of hydrogen-bond donors (Lipinski definition) is 2. The van der Waals surface area contributed by atoms with E-state index in [4.69, 9.17) is 11.1 Å². The first-order valence-corrected chi connectivity index (χ1v) is 5.59. The van der Waals surface area contributed by atoms with Crippen LogP contribution in [0.5, 0.6) is 0 Å². The summed E-state index contributed by atoms with van der Waals surface area (Å²) >= 11 is 0. The molecule has 2 rings (SSSR count). The van der Waals surface area contributed by atoms with E-state index in [0.717, 1.165) is 11.4 Å². The van der Waals surface area contributed by atoms with Crippen LogP contribution in [0.25, 0.3) is 11.4 Å². The molecule has 1 aromatic carbocycles. The first kappa shape index (κ1) is 11.4. The standard InChI is InChI=1S/C13H16N4/c1-10(12(14)15)9-17-8-7-16-13(17)11-5-3-2-4-6-11/h2-8,10H,9H2,1H3,(H3,14,15). The molecule has 4 nitrogen and oxygen atoms in total. The van der Waals surface area contributed by atoms with Crippen LogP contribution < -0.4 is 5.73 Å². The van der Waals surface area contributed by atoms with Crippen LogP contribution in [0.2, 0.25) is 0 Å². The summed E-state index contributed by atoms with van der Waals surface area (Å²) in [5.74, 6) is 1.14. The first-order valence-electron chi connectivity index (χ1n) is 5.59. The van der Waals surface area contributed by atoms with Gasteiger partial charge in [0.2, 0.25) is 0 Å². The summed E-state index contributed by atoms with van der Waals surface area (Å²) < 4.78 is 2.03. The van der Waals surface area contributed by atoms with Crippen molar-refractivity contribution in [2.75, 3.05) is 0 Å². The predicted octanol–water partition coefficient (Wildman–Crippen LogP) is 2.12. The monoisotopic (exact) mass is 228 g/mol. The molecular formula is C13H16N4. The molecule has 2 aromatic rings. The summed E-state index contributed by atoms with van der Waals surface area (Å²) in [7, 11) is 0. The Morgan fingerprint density at radius 1 is 1.41 bits per heavy atom. The number of benzene rings is 1. The lowest BCUT2D eigenvalue weighted by molar-refractivity contribution is 0.596. The molecule has 0 saturated heterocycles. The van der Waals surface area contributed by atoms with Crippen LogP contribution in [0, 0.1) is 11.3 Å². The number of rotatable bonds is 4. The Bertz CT molecular complexity index is 501. The molecule has 0 bridgehead atoms. The second-order valence-corrected chi connectivity index (χ2v) is 4.13. The van der Waals surface area contributed by atoms with Gasteiger partial charge in [0.15, 0.2) is 0 Å². The highest BCUT2D eigenvalue weighted by Crippen LogP contribution is 2.17. The van der Waals surface area contributed by atoms with Gasteiger partial charge in [0, 0.05) is 30.4 Å². The molecule has 0 amide bonds. The Kier molecular flexibility index (Phi) is 3.23. The lowest BCUT2D eigenvalue weighted by Gasteiger charge is -2.13. The summed E-state index contributed by atoms with van der Waals surface area (Å²) in [6, 6.07) is 10.0. The molecule has 88 valence electrons. The topological polar surface area (TPSA) is 67.7 Å². The van der Waals surface area contributed by atoms with Gasteiger partial charge in [0.25, 0.3) is 0 Å². The fourth-order valence-corrected chi connectivity index (χ4v) is 1.70. The normalized spacial score (nSPS) is 12.3. The summed E-state index contributed by atoms with van der Waals surface area (Å²) in [5.41, 5.74) is 6.57. The van der Waals surface area contributed by atoms with Gasteiger partial charge in [-0.2, -0.15) is 0 Å². The highest BCUT2D eigenvalue weighted by Gasteiger charge is 2.10. The van der Waals surface area contributed by atoms with Gasteiger partial charge < -0.3 is 10.3 Å². The molecule has 0 aliphatic carbocycles. The van der Waals surface area contributed by atoms with Gasteiger partial charge in [0.1, 0.15) is 5.82 Å². The molecule has 0 spiro atoms. The van der Waals surface area contributed by atoms with Gasteiger partial charge >= 0.3 is 0 Å². The van der Waals surface area contributed by atoms with Crippen LogP contribution in [0.1, 0.15) is 6.92 Å². The van der Waals surface area contributed by atoms with Crippen LogP contribution in [0.3, 0.4) is 0 Å². The average molecular weight is 228 g/mol. The summed E-state index contributed by atoms with van der Waals surface area (Å²) in [4.78, 5) is 4.35. The zero-order valence-electron chi connectivity index (χ0n) is 9.80. The van der Waals surface area contributed by atoms with E-state index in [1.807, 2.05) is 48.0 Å². The van der Waals surface area contributed by atoms with Crippen molar-refractivity contribution in [3.63, 3.8) is 0 Å². The lowest BCUT2D eigenvalue weighted by atomic mass is 10.1. The van der Waals surface area contributed by atoms with Gasteiger partial charge in [-0.05, 0) is 0 Å². The molecule has 1 aromatic heterocycles. The second kappa shape index (κ2) is 4.82. The van der Waals surface area contributed by atoms with E-state index in [9.17, 15) is 0 Å². The molecule has 4 heteroatoms. The van der Waals surface area contributed by atoms with Crippen LogP contribution in [-0.2, 0) is 6.54 Å². The van der Waals surface area contributed by atoms with Crippen molar-refractivity contribution in [3.05, 3.63) is 42.7 Å². The molecule has 1 heterocycles. The van der Waals surface area contributed by atoms with Gasteiger partial charge in [-0.1, -0.05) is 37.3 Å². The van der Waals surface area contributed by atoms with Crippen molar-refractivity contribution < 1.29 is 0 Å². The fourth-order valence-electron chi connectivity index (χ4n) is 1.70. The minimum Gasteiger partial charge on any atom is -0.387 e. The predicted molar refractivity (Wildman–Crippen MR) is 68.7 cm³/mol. The van der Waals surface area contributed by atoms with Gasteiger partial charge in [-0.25, -0.2) is 4.98 Å². The zero-order chi connectivity index (χ0) is 12.3.